The van der Waals surface area contributed by atoms with Gasteiger partial charge in [0.25, 0.3) is 5.91 Å². The van der Waals surface area contributed by atoms with Gasteiger partial charge in [-0.3, -0.25) is 4.79 Å². The minimum absolute atomic E-state index is 0.114. The standard InChI is InChI=1S/C22H25N3O2/c1-3-25(4-2)15-14-23-21(26)18-12-8-9-13-19(18)22-24-16-20(27-22)17-10-6-5-7-11-17/h5-13,16H,3-4,14-15H2,1-2H3,(H,23,26). The minimum atomic E-state index is -0.114. The first-order chi connectivity index (χ1) is 13.2. The highest BCUT2D eigenvalue weighted by atomic mass is 16.4. The van der Waals surface area contributed by atoms with Gasteiger partial charge in [-0.05, 0) is 25.2 Å². The van der Waals surface area contributed by atoms with E-state index in [1.54, 1.807) is 12.3 Å². The number of oxazole rings is 1. The molecule has 5 nitrogen and oxygen atoms in total. The quantitative estimate of drug-likeness (QED) is 0.655. The third-order valence-corrected chi connectivity index (χ3v) is 4.57. The van der Waals surface area contributed by atoms with Gasteiger partial charge in [0.2, 0.25) is 5.89 Å². The molecule has 1 heterocycles. The third kappa shape index (κ3) is 4.63. The van der Waals surface area contributed by atoms with E-state index in [2.05, 4.69) is 29.0 Å². The molecule has 0 atom stereocenters. The molecule has 0 saturated carbocycles. The molecule has 0 unspecified atom stereocenters. The van der Waals surface area contributed by atoms with E-state index in [0.29, 0.717) is 29.3 Å². The van der Waals surface area contributed by atoms with Gasteiger partial charge in [-0.2, -0.15) is 0 Å². The highest BCUT2D eigenvalue weighted by Gasteiger charge is 2.16. The monoisotopic (exact) mass is 363 g/mol. The first-order valence-corrected chi connectivity index (χ1v) is 9.34. The summed E-state index contributed by atoms with van der Waals surface area (Å²) in [5.74, 6) is 1.02. The van der Waals surface area contributed by atoms with E-state index in [4.69, 9.17) is 4.42 Å². The van der Waals surface area contributed by atoms with Crippen LogP contribution in [-0.2, 0) is 0 Å². The van der Waals surface area contributed by atoms with Gasteiger partial charge in [0.1, 0.15) is 0 Å². The Morgan fingerprint density at radius 2 is 1.74 bits per heavy atom. The lowest BCUT2D eigenvalue weighted by Crippen LogP contribution is -2.34. The lowest BCUT2D eigenvalue weighted by Gasteiger charge is -2.18. The summed E-state index contributed by atoms with van der Waals surface area (Å²) in [6.45, 7) is 7.62. The van der Waals surface area contributed by atoms with Gasteiger partial charge in [-0.1, -0.05) is 56.3 Å². The van der Waals surface area contributed by atoms with Gasteiger partial charge in [0.15, 0.2) is 5.76 Å². The first-order valence-electron chi connectivity index (χ1n) is 9.34. The number of amides is 1. The van der Waals surface area contributed by atoms with Crippen molar-refractivity contribution in [3.05, 3.63) is 66.4 Å². The fourth-order valence-electron chi connectivity index (χ4n) is 2.96. The number of hydrogen-bond donors (Lipinski definition) is 1. The summed E-state index contributed by atoms with van der Waals surface area (Å²) >= 11 is 0. The molecule has 140 valence electrons. The first kappa shape index (κ1) is 18.9. The van der Waals surface area contributed by atoms with Crippen LogP contribution in [0.4, 0.5) is 0 Å². The van der Waals surface area contributed by atoms with Crippen LogP contribution in [0.5, 0.6) is 0 Å². The summed E-state index contributed by atoms with van der Waals surface area (Å²) in [5.41, 5.74) is 2.22. The number of aromatic nitrogens is 1. The number of nitrogens with zero attached hydrogens (tertiary/aromatic N) is 2. The average Bonchev–Trinajstić information content (AvgIpc) is 3.22. The average molecular weight is 363 g/mol. The Kier molecular flexibility index (Phi) is 6.39. The summed E-state index contributed by atoms with van der Waals surface area (Å²) in [6.07, 6.45) is 1.69. The second-order valence-electron chi connectivity index (χ2n) is 6.22. The van der Waals surface area contributed by atoms with Crippen LogP contribution < -0.4 is 5.32 Å². The summed E-state index contributed by atoms with van der Waals surface area (Å²) < 4.78 is 5.92. The minimum Gasteiger partial charge on any atom is -0.436 e. The molecule has 1 N–H and O–H groups in total. The molecule has 1 aromatic heterocycles. The van der Waals surface area contributed by atoms with E-state index in [1.165, 1.54) is 0 Å². The second kappa shape index (κ2) is 9.14. The molecular weight excluding hydrogens is 338 g/mol. The van der Waals surface area contributed by atoms with Gasteiger partial charge in [-0.15, -0.1) is 0 Å². The Labute approximate surface area is 160 Å². The van der Waals surface area contributed by atoms with Crippen molar-refractivity contribution in [1.29, 1.82) is 0 Å². The molecule has 27 heavy (non-hydrogen) atoms. The SMILES string of the molecule is CCN(CC)CCNC(=O)c1ccccc1-c1ncc(-c2ccccc2)o1. The normalized spacial score (nSPS) is 10.9. The number of nitrogens with one attached hydrogen (secondary N) is 1. The lowest BCUT2D eigenvalue weighted by atomic mass is 10.1. The Morgan fingerprint density at radius 3 is 2.48 bits per heavy atom. The van der Waals surface area contributed by atoms with Gasteiger partial charge >= 0.3 is 0 Å². The molecule has 0 spiro atoms. The van der Waals surface area contributed by atoms with E-state index in [-0.39, 0.29) is 5.91 Å². The van der Waals surface area contributed by atoms with Crippen LogP contribution in [0.15, 0.2) is 65.2 Å². The lowest BCUT2D eigenvalue weighted by molar-refractivity contribution is 0.0949. The summed E-state index contributed by atoms with van der Waals surface area (Å²) in [7, 11) is 0. The number of benzene rings is 2. The van der Waals surface area contributed by atoms with Crippen molar-refractivity contribution < 1.29 is 9.21 Å². The summed E-state index contributed by atoms with van der Waals surface area (Å²) in [4.78, 5) is 19.3. The van der Waals surface area contributed by atoms with E-state index in [1.807, 2.05) is 48.5 Å². The molecule has 5 heteroatoms. The molecule has 3 rings (SSSR count). The molecule has 0 aliphatic heterocycles. The molecule has 0 saturated heterocycles. The Balaban J connectivity index is 1.76. The van der Waals surface area contributed by atoms with Gasteiger partial charge in [0, 0.05) is 24.2 Å². The molecular formula is C22H25N3O2. The van der Waals surface area contributed by atoms with Crippen molar-refractivity contribution in [2.24, 2.45) is 0 Å². The van der Waals surface area contributed by atoms with Crippen molar-refractivity contribution in [2.75, 3.05) is 26.2 Å². The van der Waals surface area contributed by atoms with Crippen molar-refractivity contribution in [2.45, 2.75) is 13.8 Å². The van der Waals surface area contributed by atoms with E-state index in [0.717, 1.165) is 25.2 Å². The zero-order valence-corrected chi connectivity index (χ0v) is 15.8. The Morgan fingerprint density at radius 1 is 1.04 bits per heavy atom. The Hall–Kier alpha value is -2.92. The van der Waals surface area contributed by atoms with Gasteiger partial charge < -0.3 is 14.6 Å². The highest BCUT2D eigenvalue weighted by molar-refractivity contribution is 6.00. The smallest absolute Gasteiger partial charge is 0.252 e. The van der Waals surface area contributed by atoms with Crippen LogP contribution in [0.1, 0.15) is 24.2 Å². The van der Waals surface area contributed by atoms with Crippen LogP contribution >= 0.6 is 0 Å². The zero-order chi connectivity index (χ0) is 19.1. The number of rotatable bonds is 8. The van der Waals surface area contributed by atoms with E-state index >= 15 is 0 Å². The fourth-order valence-corrected chi connectivity index (χ4v) is 2.96. The highest BCUT2D eigenvalue weighted by Crippen LogP contribution is 2.28. The maximum atomic E-state index is 12.7. The van der Waals surface area contributed by atoms with E-state index in [9.17, 15) is 4.79 Å². The molecule has 0 aliphatic rings. The van der Waals surface area contributed by atoms with E-state index < -0.39 is 0 Å². The largest absolute Gasteiger partial charge is 0.436 e. The zero-order valence-electron chi connectivity index (χ0n) is 15.8. The van der Waals surface area contributed by atoms with Gasteiger partial charge in [-0.25, -0.2) is 4.98 Å². The van der Waals surface area contributed by atoms with Crippen LogP contribution in [0.2, 0.25) is 0 Å². The topological polar surface area (TPSA) is 58.4 Å². The fraction of sp³-hybridized carbons (Fsp3) is 0.273. The molecule has 0 bridgehead atoms. The molecule has 0 radical (unpaired) electrons. The van der Waals surface area contributed by atoms with Gasteiger partial charge in [0.05, 0.1) is 11.8 Å². The predicted octanol–water partition coefficient (Wildman–Crippen LogP) is 4.08. The van der Waals surface area contributed by atoms with Crippen LogP contribution in [0.3, 0.4) is 0 Å². The second-order valence-corrected chi connectivity index (χ2v) is 6.22. The summed E-state index contributed by atoms with van der Waals surface area (Å²) in [5, 5.41) is 3.00. The number of hydrogen-bond acceptors (Lipinski definition) is 4. The number of carbonyl (C=O) groups excluding carboxylic acids is 1. The maximum Gasteiger partial charge on any atom is 0.252 e. The molecule has 1 amide bonds. The van der Waals surface area contributed by atoms with Crippen LogP contribution in [-0.4, -0.2) is 42.0 Å². The van der Waals surface area contributed by atoms with Crippen LogP contribution in [0.25, 0.3) is 22.8 Å². The van der Waals surface area contributed by atoms with Crippen molar-refractivity contribution in [3.8, 4) is 22.8 Å². The maximum absolute atomic E-state index is 12.7. The van der Waals surface area contributed by atoms with Crippen molar-refractivity contribution in [3.63, 3.8) is 0 Å². The van der Waals surface area contributed by atoms with Crippen LogP contribution in [0, 0.1) is 0 Å². The Bertz CT molecular complexity index is 870. The summed E-state index contributed by atoms with van der Waals surface area (Å²) in [6, 6.07) is 17.2. The number of likely N-dealkylation sites (N-methyl/N-ethyl adjacent to an activating group) is 1. The molecule has 2 aromatic carbocycles. The molecule has 3 aromatic rings. The van der Waals surface area contributed by atoms with Crippen molar-refractivity contribution >= 4 is 5.91 Å². The van der Waals surface area contributed by atoms with Crippen molar-refractivity contribution in [1.82, 2.24) is 15.2 Å². The predicted molar refractivity (Wildman–Crippen MR) is 107 cm³/mol. The third-order valence-electron chi connectivity index (χ3n) is 4.57. The number of carbonyl (C=O) groups is 1. The molecule has 0 fully saturated rings. The molecule has 0 aliphatic carbocycles.